The van der Waals surface area contributed by atoms with Gasteiger partial charge in [-0.05, 0) is 51.7 Å². The summed E-state index contributed by atoms with van der Waals surface area (Å²) in [5, 5.41) is 5.24. The third-order valence-corrected chi connectivity index (χ3v) is 7.06. The summed E-state index contributed by atoms with van der Waals surface area (Å²) >= 11 is 6.33. The minimum Gasteiger partial charge on any atom is -0.489 e. The lowest BCUT2D eigenvalue weighted by molar-refractivity contribution is 0.0740. The molecule has 1 aliphatic heterocycles. The topological polar surface area (TPSA) is 59.7 Å². The molecule has 0 spiro atoms. The van der Waals surface area contributed by atoms with Gasteiger partial charge in [0.1, 0.15) is 11.6 Å². The first kappa shape index (κ1) is 21.2. The summed E-state index contributed by atoms with van der Waals surface area (Å²) in [5.74, 6) is -0.260. The molecule has 0 atom stereocenters. The lowest BCUT2D eigenvalue weighted by Gasteiger charge is -2.22. The number of halogens is 2. The molecule has 1 saturated carbocycles. The Morgan fingerprint density at radius 1 is 1.16 bits per heavy atom. The second kappa shape index (κ2) is 8.35. The Hall–Kier alpha value is -2.67. The molecule has 1 fully saturated rings. The van der Waals surface area contributed by atoms with Crippen LogP contribution in [-0.2, 0) is 13.1 Å². The highest BCUT2D eigenvalue weighted by Gasteiger charge is 2.32. The van der Waals surface area contributed by atoms with Crippen LogP contribution >= 0.6 is 11.6 Å². The van der Waals surface area contributed by atoms with E-state index in [1.807, 2.05) is 13.8 Å². The second-order valence-electron chi connectivity index (χ2n) is 8.79. The lowest BCUT2D eigenvalue weighted by Crippen LogP contribution is -2.27. The third-order valence-electron chi connectivity index (χ3n) is 6.51. The van der Waals surface area contributed by atoms with Crippen molar-refractivity contribution in [1.82, 2.24) is 19.5 Å². The SMILES string of the molecule is Cc1nc2c3c(nn2c(C)c1Cl)CN(C(=O)c1ccc(F)cc1OC1CCCCCC1)C3. The zero-order valence-corrected chi connectivity index (χ0v) is 19.1. The van der Waals surface area contributed by atoms with E-state index in [1.165, 1.54) is 31.0 Å². The minimum atomic E-state index is -0.403. The third kappa shape index (κ3) is 3.72. The van der Waals surface area contributed by atoms with E-state index in [-0.39, 0.29) is 12.0 Å². The Labute approximate surface area is 191 Å². The van der Waals surface area contributed by atoms with Gasteiger partial charge in [0.25, 0.3) is 5.91 Å². The van der Waals surface area contributed by atoms with Crippen LogP contribution < -0.4 is 4.74 Å². The van der Waals surface area contributed by atoms with Crippen molar-refractivity contribution in [2.75, 3.05) is 0 Å². The second-order valence-corrected chi connectivity index (χ2v) is 9.17. The molecule has 6 nitrogen and oxygen atoms in total. The van der Waals surface area contributed by atoms with Gasteiger partial charge in [0.15, 0.2) is 5.65 Å². The average Bonchev–Trinajstić information content (AvgIpc) is 3.22. The fourth-order valence-electron chi connectivity index (χ4n) is 4.74. The molecule has 1 aliphatic carbocycles. The van der Waals surface area contributed by atoms with E-state index in [2.05, 4.69) is 10.1 Å². The predicted molar refractivity (Wildman–Crippen MR) is 120 cm³/mol. The number of hydrogen-bond donors (Lipinski definition) is 0. The maximum Gasteiger partial charge on any atom is 0.258 e. The molecule has 1 aromatic carbocycles. The Balaban J connectivity index is 1.42. The molecule has 32 heavy (non-hydrogen) atoms. The van der Waals surface area contributed by atoms with Crippen LogP contribution in [-0.4, -0.2) is 31.5 Å². The molecule has 0 saturated heterocycles. The number of aromatic nitrogens is 3. The lowest BCUT2D eigenvalue weighted by atomic mass is 10.1. The molecular formula is C24H26ClFN4O2. The summed E-state index contributed by atoms with van der Waals surface area (Å²) in [6.45, 7) is 4.53. The van der Waals surface area contributed by atoms with E-state index in [0.29, 0.717) is 29.4 Å². The van der Waals surface area contributed by atoms with Crippen molar-refractivity contribution >= 4 is 23.2 Å². The van der Waals surface area contributed by atoms with Crippen molar-refractivity contribution in [2.45, 2.75) is 71.6 Å². The number of amides is 1. The summed E-state index contributed by atoms with van der Waals surface area (Å²) in [7, 11) is 0. The van der Waals surface area contributed by atoms with Gasteiger partial charge in [0, 0.05) is 11.6 Å². The number of aryl methyl sites for hydroxylation is 2. The van der Waals surface area contributed by atoms with E-state index < -0.39 is 5.82 Å². The van der Waals surface area contributed by atoms with Crippen LogP contribution in [0.15, 0.2) is 18.2 Å². The molecule has 0 bridgehead atoms. The number of rotatable bonds is 3. The van der Waals surface area contributed by atoms with Crippen LogP contribution in [0.2, 0.25) is 5.02 Å². The molecule has 0 N–H and O–H groups in total. The minimum absolute atomic E-state index is 0.0192. The van der Waals surface area contributed by atoms with Crippen molar-refractivity contribution in [1.29, 1.82) is 0 Å². The summed E-state index contributed by atoms with van der Waals surface area (Å²) in [4.78, 5) is 19.7. The molecule has 8 heteroatoms. The smallest absolute Gasteiger partial charge is 0.258 e. The number of hydrogen-bond acceptors (Lipinski definition) is 4. The highest BCUT2D eigenvalue weighted by molar-refractivity contribution is 6.31. The molecule has 1 amide bonds. The molecule has 168 valence electrons. The van der Waals surface area contributed by atoms with Gasteiger partial charge in [-0.2, -0.15) is 5.10 Å². The van der Waals surface area contributed by atoms with Crippen LogP contribution in [0.1, 0.15) is 71.5 Å². The van der Waals surface area contributed by atoms with Gasteiger partial charge in [-0.25, -0.2) is 13.9 Å². The van der Waals surface area contributed by atoms with Crippen molar-refractivity contribution < 1.29 is 13.9 Å². The fraction of sp³-hybridized carbons (Fsp3) is 0.458. The maximum atomic E-state index is 14.0. The number of fused-ring (bicyclic) bond motifs is 3. The Kier molecular flexibility index (Phi) is 5.53. The highest BCUT2D eigenvalue weighted by atomic mass is 35.5. The van der Waals surface area contributed by atoms with Crippen LogP contribution in [0, 0.1) is 19.7 Å². The summed E-state index contributed by atoms with van der Waals surface area (Å²) in [5.41, 5.74) is 4.42. The standard InChI is InChI=1S/C24H26ClFN4O2/c1-14-22(25)15(2)30-23(27-14)19-12-29(13-20(19)28-30)24(31)18-10-9-16(26)11-21(18)32-17-7-5-3-4-6-8-17/h9-11,17H,3-8,12-13H2,1-2H3. The molecule has 2 aliphatic rings. The van der Waals surface area contributed by atoms with Gasteiger partial charge in [-0.15, -0.1) is 0 Å². The number of ether oxygens (including phenoxy) is 1. The summed E-state index contributed by atoms with van der Waals surface area (Å²) < 4.78 is 22.0. The molecular weight excluding hydrogens is 431 g/mol. The first-order valence-corrected chi connectivity index (χ1v) is 11.6. The average molecular weight is 457 g/mol. The van der Waals surface area contributed by atoms with E-state index in [0.717, 1.165) is 54.0 Å². The molecule has 3 heterocycles. The number of benzene rings is 1. The van der Waals surface area contributed by atoms with Crippen LogP contribution in [0.5, 0.6) is 5.75 Å². The van der Waals surface area contributed by atoms with Crippen LogP contribution in [0.3, 0.4) is 0 Å². The molecule has 2 aromatic heterocycles. The van der Waals surface area contributed by atoms with E-state index in [4.69, 9.17) is 16.3 Å². The van der Waals surface area contributed by atoms with Gasteiger partial charge in [-0.1, -0.05) is 24.4 Å². The molecule has 0 unspecified atom stereocenters. The van der Waals surface area contributed by atoms with Gasteiger partial charge in [0.05, 0.1) is 46.9 Å². The predicted octanol–water partition coefficient (Wildman–Crippen LogP) is 5.40. The van der Waals surface area contributed by atoms with Crippen molar-refractivity contribution in [3.63, 3.8) is 0 Å². The number of carbonyl (C=O) groups excluding carboxylic acids is 1. The fourth-order valence-corrected chi connectivity index (χ4v) is 4.86. The Morgan fingerprint density at radius 2 is 1.91 bits per heavy atom. The number of nitrogens with zero attached hydrogens (tertiary/aromatic N) is 4. The Bertz CT molecular complexity index is 1200. The zero-order valence-electron chi connectivity index (χ0n) is 18.3. The maximum absolute atomic E-state index is 14.0. The highest BCUT2D eigenvalue weighted by Crippen LogP contribution is 2.32. The van der Waals surface area contributed by atoms with Crippen molar-refractivity contribution in [3.8, 4) is 5.75 Å². The summed E-state index contributed by atoms with van der Waals surface area (Å²) in [6.07, 6.45) is 6.47. The van der Waals surface area contributed by atoms with Gasteiger partial charge in [0.2, 0.25) is 0 Å². The van der Waals surface area contributed by atoms with Gasteiger partial charge in [-0.3, -0.25) is 4.79 Å². The van der Waals surface area contributed by atoms with Gasteiger partial charge >= 0.3 is 0 Å². The molecule has 3 aromatic rings. The van der Waals surface area contributed by atoms with E-state index in [1.54, 1.807) is 9.42 Å². The van der Waals surface area contributed by atoms with Gasteiger partial charge < -0.3 is 9.64 Å². The first-order chi connectivity index (χ1) is 15.4. The van der Waals surface area contributed by atoms with Crippen molar-refractivity contribution in [3.05, 3.63) is 57.2 Å². The Morgan fingerprint density at radius 3 is 2.66 bits per heavy atom. The van der Waals surface area contributed by atoms with Crippen molar-refractivity contribution in [2.24, 2.45) is 0 Å². The van der Waals surface area contributed by atoms with Crippen LogP contribution in [0.4, 0.5) is 4.39 Å². The van der Waals surface area contributed by atoms with E-state index >= 15 is 0 Å². The molecule has 0 radical (unpaired) electrons. The zero-order chi connectivity index (χ0) is 22.4. The monoisotopic (exact) mass is 456 g/mol. The first-order valence-electron chi connectivity index (χ1n) is 11.2. The molecule has 5 rings (SSSR count). The largest absolute Gasteiger partial charge is 0.489 e. The number of carbonyl (C=O) groups is 1. The van der Waals surface area contributed by atoms with Crippen LogP contribution in [0.25, 0.3) is 5.65 Å². The quantitative estimate of drug-likeness (QED) is 0.495. The van der Waals surface area contributed by atoms with E-state index in [9.17, 15) is 9.18 Å². The normalized spacial score (nSPS) is 16.9. The summed E-state index contributed by atoms with van der Waals surface area (Å²) in [6, 6.07) is 4.18.